The number of benzene rings is 4. The van der Waals surface area contributed by atoms with Crippen molar-refractivity contribution >= 4 is 50.5 Å². The van der Waals surface area contributed by atoms with Crippen molar-refractivity contribution in [2.24, 2.45) is 5.14 Å². The van der Waals surface area contributed by atoms with Crippen LogP contribution < -0.4 is 30.7 Å². The first-order valence-corrected chi connectivity index (χ1v) is 19.6. The Bertz CT molecular complexity index is 2670. The Hall–Kier alpha value is -6.52. The van der Waals surface area contributed by atoms with Gasteiger partial charge in [-0.3, -0.25) is 9.59 Å². The van der Waals surface area contributed by atoms with E-state index in [4.69, 9.17) is 15.6 Å². The summed E-state index contributed by atoms with van der Waals surface area (Å²) in [6, 6.07) is 23.8. The number of anilines is 3. The number of hydrogen-bond acceptors (Lipinski definition) is 11. The SMILES string of the molecule is CN(C)c1ccc2c(c1)C(C)(C)c1cc(N(C)C)ccc1C21c2cc(C(=O)NCc3ccc(COc4nc(N)nc5nc[nH]c45)cc3)ccc2C(=O)N1S(N)(=O)=O. The molecule has 0 fully saturated rings. The molecule has 1 aliphatic carbocycles. The van der Waals surface area contributed by atoms with Crippen LogP contribution in [0.15, 0.2) is 85.2 Å². The van der Waals surface area contributed by atoms with Gasteiger partial charge in [0.15, 0.2) is 5.65 Å². The number of carbonyl (C=O) groups excluding carboxylic acids is 2. The number of nitrogen functional groups attached to an aromatic ring is 1. The van der Waals surface area contributed by atoms with Gasteiger partial charge in [-0.1, -0.05) is 50.2 Å². The summed E-state index contributed by atoms with van der Waals surface area (Å²) in [7, 11) is 3.05. The second-order valence-electron chi connectivity index (χ2n) is 15.2. The average molecular weight is 787 g/mol. The topological polar surface area (TPSA) is 206 Å². The van der Waals surface area contributed by atoms with Crippen molar-refractivity contribution in [2.75, 3.05) is 43.7 Å². The summed E-state index contributed by atoms with van der Waals surface area (Å²) in [5.41, 5.74) is 11.5. The van der Waals surface area contributed by atoms with Crippen LogP contribution in [-0.2, 0) is 34.3 Å². The lowest BCUT2D eigenvalue weighted by molar-refractivity contribution is 0.0826. The van der Waals surface area contributed by atoms with Gasteiger partial charge in [-0.05, 0) is 75.8 Å². The molecule has 0 unspecified atom stereocenters. The van der Waals surface area contributed by atoms with Gasteiger partial charge >= 0.3 is 10.2 Å². The van der Waals surface area contributed by atoms with Crippen LogP contribution in [0.3, 0.4) is 0 Å². The molecule has 2 amide bonds. The number of aromatic amines is 1. The van der Waals surface area contributed by atoms with Gasteiger partial charge in [-0.15, -0.1) is 0 Å². The van der Waals surface area contributed by atoms with Crippen LogP contribution in [0.1, 0.15) is 73.5 Å². The molecule has 292 valence electrons. The van der Waals surface area contributed by atoms with E-state index in [2.05, 4.69) is 39.1 Å². The molecule has 6 aromatic rings. The normalized spacial score (nSPS) is 14.9. The quantitative estimate of drug-likeness (QED) is 0.164. The van der Waals surface area contributed by atoms with E-state index in [1.165, 1.54) is 18.5 Å². The van der Waals surface area contributed by atoms with Crippen LogP contribution in [0.25, 0.3) is 11.2 Å². The molecule has 1 spiro atoms. The Morgan fingerprint density at radius 2 is 1.46 bits per heavy atom. The number of amides is 2. The third kappa shape index (κ3) is 5.99. The standard InChI is InChI=1S/C41H42N10O5S/c1-40(2)32-18-26(49(3)4)12-15-29(32)41(30-16-13-27(50(5)6)19-33(30)40)31-17-25(11-14-28(31)38(53)51(41)57(43,54)55)36(52)44-20-23-7-9-24(10-8-23)21-56-37-34-35(46-22-45-34)47-39(42)48-37/h7-19,22H,20-21H2,1-6H3,(H,44,52)(H2,43,54,55)(H3,42,45,46,47,48). The molecule has 0 radical (unpaired) electrons. The maximum Gasteiger partial charge on any atom is 0.302 e. The van der Waals surface area contributed by atoms with Crippen molar-refractivity contribution in [3.8, 4) is 5.88 Å². The van der Waals surface area contributed by atoms with Crippen LogP contribution in [0.5, 0.6) is 5.88 Å². The fraction of sp³-hybridized carbons (Fsp3) is 0.244. The van der Waals surface area contributed by atoms with E-state index < -0.39 is 33.0 Å². The predicted octanol–water partition coefficient (Wildman–Crippen LogP) is 4.17. The van der Waals surface area contributed by atoms with E-state index in [0.29, 0.717) is 27.9 Å². The number of nitrogens with two attached hydrogens (primary N) is 2. The summed E-state index contributed by atoms with van der Waals surface area (Å²) in [5, 5.41) is 8.98. The monoisotopic (exact) mass is 786 g/mol. The molecule has 1 aliphatic heterocycles. The molecule has 2 aliphatic rings. The third-order valence-electron chi connectivity index (χ3n) is 10.9. The van der Waals surface area contributed by atoms with Gasteiger partial charge in [0.05, 0.1) is 6.33 Å². The van der Waals surface area contributed by atoms with Gasteiger partial charge in [-0.25, -0.2) is 14.4 Å². The first kappa shape index (κ1) is 37.4. The summed E-state index contributed by atoms with van der Waals surface area (Å²) in [6.45, 7) is 4.58. The molecule has 0 saturated heterocycles. The minimum atomic E-state index is -4.68. The number of carbonyl (C=O) groups is 2. The van der Waals surface area contributed by atoms with Crippen LogP contribution in [0, 0.1) is 0 Å². The molecule has 3 heterocycles. The minimum Gasteiger partial charge on any atom is -0.471 e. The molecule has 16 heteroatoms. The summed E-state index contributed by atoms with van der Waals surface area (Å²) in [6.07, 6.45) is 1.49. The first-order valence-electron chi connectivity index (χ1n) is 18.1. The van der Waals surface area contributed by atoms with Crippen molar-refractivity contribution in [1.29, 1.82) is 0 Å². The van der Waals surface area contributed by atoms with Gasteiger partial charge in [0.2, 0.25) is 11.8 Å². The van der Waals surface area contributed by atoms with Gasteiger partial charge in [-0.2, -0.15) is 18.4 Å². The van der Waals surface area contributed by atoms with Crippen LogP contribution in [-0.4, -0.2) is 72.7 Å². The van der Waals surface area contributed by atoms with Gasteiger partial charge in [0, 0.05) is 68.2 Å². The Kier molecular flexibility index (Phi) is 8.73. The van der Waals surface area contributed by atoms with Crippen molar-refractivity contribution in [1.82, 2.24) is 29.6 Å². The molecule has 2 aromatic heterocycles. The third-order valence-corrected chi connectivity index (χ3v) is 11.9. The van der Waals surface area contributed by atoms with Crippen molar-refractivity contribution in [2.45, 2.75) is 38.0 Å². The number of nitrogens with zero attached hydrogens (tertiary/aromatic N) is 6. The highest BCUT2D eigenvalue weighted by molar-refractivity contribution is 7.87. The minimum absolute atomic E-state index is 0.0529. The second kappa shape index (κ2) is 13.3. The zero-order chi connectivity index (χ0) is 40.6. The Morgan fingerprint density at radius 3 is 2.05 bits per heavy atom. The molecular weight excluding hydrogens is 745 g/mol. The Labute approximate surface area is 329 Å². The molecule has 57 heavy (non-hydrogen) atoms. The fourth-order valence-corrected chi connectivity index (χ4v) is 9.06. The number of imidazole rings is 1. The Balaban J connectivity index is 1.15. The van der Waals surface area contributed by atoms with Gasteiger partial charge in [0.25, 0.3) is 11.8 Å². The zero-order valence-corrected chi connectivity index (χ0v) is 33.1. The lowest BCUT2D eigenvalue weighted by atomic mass is 9.60. The van der Waals surface area contributed by atoms with Crippen LogP contribution in [0.2, 0.25) is 0 Å². The number of fused-ring (bicyclic) bond motifs is 7. The maximum absolute atomic E-state index is 14.4. The highest BCUT2D eigenvalue weighted by Gasteiger charge is 2.61. The largest absolute Gasteiger partial charge is 0.471 e. The molecule has 15 nitrogen and oxygen atoms in total. The van der Waals surface area contributed by atoms with Crippen molar-refractivity contribution in [3.05, 3.63) is 135 Å². The Morgan fingerprint density at radius 1 is 0.842 bits per heavy atom. The van der Waals surface area contributed by atoms with E-state index in [9.17, 15) is 18.0 Å². The maximum atomic E-state index is 14.4. The predicted molar refractivity (Wildman–Crippen MR) is 217 cm³/mol. The molecule has 0 atom stereocenters. The van der Waals surface area contributed by atoms with Gasteiger partial charge in [0.1, 0.15) is 17.7 Å². The fourth-order valence-electron chi connectivity index (χ4n) is 8.05. The first-order chi connectivity index (χ1) is 27.0. The zero-order valence-electron chi connectivity index (χ0n) is 32.3. The molecule has 4 aromatic carbocycles. The molecule has 6 N–H and O–H groups in total. The number of ether oxygens (including phenoxy) is 1. The summed E-state index contributed by atoms with van der Waals surface area (Å²) < 4.78 is 34.2. The van der Waals surface area contributed by atoms with Crippen LogP contribution in [0.4, 0.5) is 17.3 Å². The summed E-state index contributed by atoms with van der Waals surface area (Å²) in [4.78, 5) is 47.5. The number of hydrogen-bond donors (Lipinski definition) is 4. The van der Waals surface area contributed by atoms with Crippen molar-refractivity contribution < 1.29 is 22.7 Å². The van der Waals surface area contributed by atoms with Crippen molar-refractivity contribution in [3.63, 3.8) is 0 Å². The highest BCUT2D eigenvalue weighted by atomic mass is 32.2. The van der Waals surface area contributed by atoms with Gasteiger partial charge < -0.3 is 30.6 Å². The van der Waals surface area contributed by atoms with Crippen LogP contribution >= 0.6 is 0 Å². The number of H-pyrrole nitrogens is 1. The molecular formula is C41H42N10O5S. The molecule has 0 saturated carbocycles. The molecule has 8 rings (SSSR count). The van der Waals surface area contributed by atoms with E-state index in [1.807, 2.05) is 98.7 Å². The smallest absolute Gasteiger partial charge is 0.302 e. The van der Waals surface area contributed by atoms with E-state index in [0.717, 1.165) is 37.9 Å². The average Bonchev–Trinajstić information content (AvgIpc) is 3.75. The lowest BCUT2D eigenvalue weighted by Crippen LogP contribution is -2.55. The number of nitrogens with one attached hydrogen (secondary N) is 2. The van der Waals surface area contributed by atoms with E-state index in [-0.39, 0.29) is 36.1 Å². The summed E-state index contributed by atoms with van der Waals surface area (Å²) >= 11 is 0. The number of rotatable bonds is 9. The summed E-state index contributed by atoms with van der Waals surface area (Å²) in [5.74, 6) is -0.839. The highest BCUT2D eigenvalue weighted by Crippen LogP contribution is 2.59. The lowest BCUT2D eigenvalue weighted by Gasteiger charge is -2.49. The van der Waals surface area contributed by atoms with E-state index in [1.54, 1.807) is 6.07 Å². The molecule has 0 bridgehead atoms. The second-order valence-corrected chi connectivity index (χ2v) is 16.6. The number of aromatic nitrogens is 4. The van der Waals surface area contributed by atoms with E-state index >= 15 is 0 Å².